The highest BCUT2D eigenvalue weighted by atomic mass is 35.5. The number of hydrogen-bond donors (Lipinski definition) is 1. The van der Waals surface area contributed by atoms with E-state index in [1.807, 2.05) is 23.9 Å². The molecule has 3 aromatic rings. The summed E-state index contributed by atoms with van der Waals surface area (Å²) in [6.07, 6.45) is 3.53. The van der Waals surface area contributed by atoms with Crippen molar-refractivity contribution in [3.63, 3.8) is 0 Å². The van der Waals surface area contributed by atoms with Crippen molar-refractivity contribution in [2.75, 3.05) is 18.4 Å². The predicted octanol–water partition coefficient (Wildman–Crippen LogP) is 4.82. The molecule has 0 aliphatic carbocycles. The third-order valence-electron chi connectivity index (χ3n) is 4.96. The van der Waals surface area contributed by atoms with Crippen molar-refractivity contribution >= 4 is 45.0 Å². The maximum absolute atomic E-state index is 13.2. The Morgan fingerprint density at radius 1 is 1.19 bits per heavy atom. The molecule has 0 unspecified atom stereocenters. The molecule has 1 amide bonds. The number of benzene rings is 2. The monoisotopic (exact) mass is 492 g/mol. The normalized spacial score (nSPS) is 11.7. The Balaban J connectivity index is 1.94. The molecule has 170 valence electrons. The first-order chi connectivity index (χ1) is 15.2. The van der Waals surface area contributed by atoms with Gasteiger partial charge in [-0.2, -0.15) is 4.31 Å². The van der Waals surface area contributed by atoms with E-state index in [0.29, 0.717) is 29.4 Å². The van der Waals surface area contributed by atoms with E-state index < -0.39 is 15.9 Å². The van der Waals surface area contributed by atoms with Gasteiger partial charge in [0.15, 0.2) is 5.16 Å². The number of halogens is 1. The van der Waals surface area contributed by atoms with Gasteiger partial charge in [0.2, 0.25) is 10.0 Å². The van der Waals surface area contributed by atoms with Crippen LogP contribution in [0, 0.1) is 6.92 Å². The molecule has 0 saturated heterocycles. The van der Waals surface area contributed by atoms with Gasteiger partial charge in [-0.3, -0.25) is 4.79 Å². The maximum Gasteiger partial charge on any atom is 0.256 e. The largest absolute Gasteiger partial charge is 0.329 e. The van der Waals surface area contributed by atoms with E-state index >= 15 is 0 Å². The van der Waals surface area contributed by atoms with E-state index in [9.17, 15) is 13.2 Å². The number of amides is 1. The summed E-state index contributed by atoms with van der Waals surface area (Å²) < 4.78 is 29.1. The smallest absolute Gasteiger partial charge is 0.256 e. The number of anilines is 1. The summed E-state index contributed by atoms with van der Waals surface area (Å²) in [7, 11) is -1.80. The summed E-state index contributed by atoms with van der Waals surface area (Å²) in [5.41, 5.74) is 1.47. The van der Waals surface area contributed by atoms with E-state index in [0.717, 1.165) is 10.1 Å². The molecule has 7 nitrogen and oxygen atoms in total. The number of nitrogens with zero attached hydrogens (tertiary/aromatic N) is 3. The van der Waals surface area contributed by atoms with Crippen molar-refractivity contribution in [2.24, 2.45) is 7.05 Å². The third kappa shape index (κ3) is 5.17. The van der Waals surface area contributed by atoms with Crippen LogP contribution in [0.25, 0.3) is 0 Å². The third-order valence-corrected chi connectivity index (χ3v) is 8.40. The minimum Gasteiger partial charge on any atom is -0.329 e. The highest BCUT2D eigenvalue weighted by Gasteiger charge is 2.24. The highest BCUT2D eigenvalue weighted by molar-refractivity contribution is 7.99. The molecule has 0 fully saturated rings. The fourth-order valence-corrected chi connectivity index (χ4v) is 5.67. The van der Waals surface area contributed by atoms with Crippen molar-refractivity contribution in [3.8, 4) is 0 Å². The molecule has 10 heteroatoms. The molecule has 0 radical (unpaired) electrons. The van der Waals surface area contributed by atoms with Crippen LogP contribution in [0.15, 0.2) is 63.7 Å². The van der Waals surface area contributed by atoms with Gasteiger partial charge < -0.3 is 9.88 Å². The molecule has 32 heavy (non-hydrogen) atoms. The van der Waals surface area contributed by atoms with Crippen LogP contribution in [0.3, 0.4) is 0 Å². The quantitative estimate of drug-likeness (QED) is 0.487. The van der Waals surface area contributed by atoms with Gasteiger partial charge >= 0.3 is 0 Å². The first kappa shape index (κ1) is 24.3. The van der Waals surface area contributed by atoms with Crippen LogP contribution in [0.1, 0.15) is 29.8 Å². The minimum atomic E-state index is -3.68. The molecule has 0 saturated carbocycles. The Kier molecular flexibility index (Phi) is 7.66. The number of aryl methyl sites for hydroxylation is 2. The average Bonchev–Trinajstić information content (AvgIpc) is 3.15. The summed E-state index contributed by atoms with van der Waals surface area (Å²) in [5.74, 6) is -0.414. The zero-order valence-electron chi connectivity index (χ0n) is 18.3. The fraction of sp³-hybridized carbons (Fsp3) is 0.273. The Morgan fingerprint density at radius 3 is 2.53 bits per heavy atom. The zero-order chi connectivity index (χ0) is 23.5. The molecule has 0 aliphatic heterocycles. The second kappa shape index (κ2) is 10.1. The van der Waals surface area contributed by atoms with E-state index in [1.165, 1.54) is 28.2 Å². The molecule has 1 aromatic heterocycles. The van der Waals surface area contributed by atoms with Crippen molar-refractivity contribution in [1.29, 1.82) is 0 Å². The standard InChI is InChI=1S/C22H25ClN4O3S2/c1-5-27(6-2)32(29,30)17-9-7-15(3)18(14-17)21(28)25-19-13-16(23)8-10-20(19)31-22-24-11-12-26(22)4/h7-14H,5-6H2,1-4H3,(H,25,28). The van der Waals surface area contributed by atoms with E-state index in [4.69, 9.17) is 11.6 Å². The number of carbonyl (C=O) groups excluding carboxylic acids is 1. The summed E-state index contributed by atoms with van der Waals surface area (Å²) >= 11 is 7.57. The Bertz CT molecular complexity index is 1240. The number of hydrogen-bond acceptors (Lipinski definition) is 5. The topological polar surface area (TPSA) is 84.3 Å². The number of carbonyl (C=O) groups is 1. The van der Waals surface area contributed by atoms with Crippen LogP contribution in [0.2, 0.25) is 5.02 Å². The first-order valence-electron chi connectivity index (χ1n) is 10.0. The predicted molar refractivity (Wildman–Crippen MR) is 128 cm³/mol. The second-order valence-corrected chi connectivity index (χ2v) is 10.5. The van der Waals surface area contributed by atoms with Gasteiger partial charge in [-0.1, -0.05) is 31.5 Å². The van der Waals surface area contributed by atoms with Gasteiger partial charge in [0.1, 0.15) is 0 Å². The van der Waals surface area contributed by atoms with Crippen molar-refractivity contribution in [2.45, 2.75) is 35.7 Å². The van der Waals surface area contributed by atoms with Crippen molar-refractivity contribution in [3.05, 3.63) is 64.9 Å². The van der Waals surface area contributed by atoms with Gasteiger partial charge in [-0.05, 0) is 54.6 Å². The average molecular weight is 493 g/mol. The number of sulfonamides is 1. The molecule has 0 atom stereocenters. The number of imidazole rings is 1. The summed E-state index contributed by atoms with van der Waals surface area (Å²) in [6.45, 7) is 6.03. The van der Waals surface area contributed by atoms with Crippen LogP contribution in [-0.2, 0) is 17.1 Å². The Hall–Kier alpha value is -2.33. The van der Waals surface area contributed by atoms with Gasteiger partial charge in [0.25, 0.3) is 5.91 Å². The van der Waals surface area contributed by atoms with Crippen molar-refractivity contribution in [1.82, 2.24) is 13.9 Å². The molecule has 3 rings (SSSR count). The maximum atomic E-state index is 13.2. The first-order valence-corrected chi connectivity index (χ1v) is 12.7. The summed E-state index contributed by atoms with van der Waals surface area (Å²) in [6, 6.07) is 9.82. The Morgan fingerprint density at radius 2 is 1.91 bits per heavy atom. The minimum absolute atomic E-state index is 0.0886. The molecule has 0 spiro atoms. The van der Waals surface area contributed by atoms with Crippen LogP contribution >= 0.6 is 23.4 Å². The van der Waals surface area contributed by atoms with Gasteiger partial charge in [0, 0.05) is 48.0 Å². The molecule has 2 aromatic carbocycles. The SMILES string of the molecule is CCN(CC)S(=O)(=O)c1ccc(C)c(C(=O)Nc2cc(Cl)ccc2Sc2nccn2C)c1. The number of aromatic nitrogens is 2. The number of nitrogens with one attached hydrogen (secondary N) is 1. The van der Waals surface area contributed by atoms with Crippen LogP contribution < -0.4 is 5.32 Å². The molecule has 1 heterocycles. The van der Waals surface area contributed by atoms with E-state index in [2.05, 4.69) is 10.3 Å². The lowest BCUT2D eigenvalue weighted by atomic mass is 10.1. The lowest BCUT2D eigenvalue weighted by molar-refractivity contribution is 0.102. The number of rotatable bonds is 8. The van der Waals surface area contributed by atoms with Gasteiger partial charge in [0.05, 0.1) is 10.6 Å². The molecular weight excluding hydrogens is 468 g/mol. The Labute approximate surface area is 197 Å². The van der Waals surface area contributed by atoms with Crippen LogP contribution in [0.5, 0.6) is 0 Å². The van der Waals surface area contributed by atoms with E-state index in [1.54, 1.807) is 45.2 Å². The van der Waals surface area contributed by atoms with E-state index in [-0.39, 0.29) is 10.5 Å². The highest BCUT2D eigenvalue weighted by Crippen LogP contribution is 2.34. The molecule has 1 N–H and O–H groups in total. The lowest BCUT2D eigenvalue weighted by Crippen LogP contribution is -2.30. The summed E-state index contributed by atoms with van der Waals surface area (Å²) in [5, 5.41) is 4.11. The van der Waals surface area contributed by atoms with Crippen LogP contribution in [-0.4, -0.2) is 41.3 Å². The molecule has 0 bridgehead atoms. The van der Waals surface area contributed by atoms with Crippen molar-refractivity contribution < 1.29 is 13.2 Å². The molecular formula is C22H25ClN4O3S2. The van der Waals surface area contributed by atoms with Gasteiger partial charge in [-0.15, -0.1) is 0 Å². The van der Waals surface area contributed by atoms with Gasteiger partial charge in [-0.25, -0.2) is 13.4 Å². The molecule has 0 aliphatic rings. The zero-order valence-corrected chi connectivity index (χ0v) is 20.7. The summed E-state index contributed by atoms with van der Waals surface area (Å²) in [4.78, 5) is 18.3. The lowest BCUT2D eigenvalue weighted by Gasteiger charge is -2.19. The van der Waals surface area contributed by atoms with Crippen LogP contribution in [0.4, 0.5) is 5.69 Å². The second-order valence-electron chi connectivity index (χ2n) is 7.08. The fourth-order valence-electron chi connectivity index (χ4n) is 3.15.